The van der Waals surface area contributed by atoms with Gasteiger partial charge in [-0.3, -0.25) is 0 Å². The van der Waals surface area contributed by atoms with Gasteiger partial charge >= 0.3 is 5.97 Å². The molecule has 2 rings (SSSR count). The fraction of sp³-hybridized carbons (Fsp3) is 0.438. The van der Waals surface area contributed by atoms with E-state index in [4.69, 9.17) is 9.84 Å². The van der Waals surface area contributed by atoms with Gasteiger partial charge in [-0.25, -0.2) is 4.79 Å². The van der Waals surface area contributed by atoms with Gasteiger partial charge in [-0.2, -0.15) is 0 Å². The fourth-order valence-corrected chi connectivity index (χ4v) is 2.44. The molecule has 1 saturated heterocycles. The molecule has 1 aliphatic heterocycles. The first-order valence-corrected chi connectivity index (χ1v) is 6.98. The van der Waals surface area contributed by atoms with Crippen molar-refractivity contribution in [2.24, 2.45) is 0 Å². The Morgan fingerprint density at radius 1 is 1.55 bits per heavy atom. The number of rotatable bonds is 4. The molecule has 1 heterocycles. The van der Waals surface area contributed by atoms with Crippen LogP contribution in [0.1, 0.15) is 24.5 Å². The predicted octanol–water partition coefficient (Wildman–Crippen LogP) is 2.71. The molecule has 0 amide bonds. The van der Waals surface area contributed by atoms with Crippen molar-refractivity contribution in [2.75, 3.05) is 24.6 Å². The molecule has 1 atom stereocenters. The number of carbonyl (C=O) groups is 1. The normalized spacial score (nSPS) is 19.5. The summed E-state index contributed by atoms with van der Waals surface area (Å²) in [5, 5.41) is 8.81. The lowest BCUT2D eigenvalue weighted by Gasteiger charge is -2.35. The summed E-state index contributed by atoms with van der Waals surface area (Å²) in [5.41, 5.74) is 3.15. The van der Waals surface area contributed by atoms with Gasteiger partial charge in [0.2, 0.25) is 0 Å². The number of hydrogen-bond acceptors (Lipinski definition) is 3. The van der Waals surface area contributed by atoms with Gasteiger partial charge in [0.15, 0.2) is 0 Å². The number of carboxylic acids is 1. The Morgan fingerprint density at radius 3 is 3.05 bits per heavy atom. The number of anilines is 1. The molecule has 0 radical (unpaired) electrons. The molecule has 4 nitrogen and oxygen atoms in total. The standard InChI is InChI=1S/C16H21NO3/c1-3-14-11-17(8-9-20-14)15-6-4-12(2)10-13(15)5-7-16(18)19/h4-7,10,14H,3,8-9,11H2,1-2H3,(H,18,19)/b7-5+. The third-order valence-electron chi connectivity index (χ3n) is 3.52. The summed E-state index contributed by atoms with van der Waals surface area (Å²) in [6.07, 6.45) is 4.10. The Balaban J connectivity index is 2.28. The molecule has 1 aromatic rings. The molecule has 1 unspecified atom stereocenters. The minimum absolute atomic E-state index is 0.251. The quantitative estimate of drug-likeness (QED) is 0.858. The van der Waals surface area contributed by atoms with Crippen molar-refractivity contribution in [1.29, 1.82) is 0 Å². The number of hydrogen-bond donors (Lipinski definition) is 1. The smallest absolute Gasteiger partial charge is 0.328 e. The van der Waals surface area contributed by atoms with E-state index in [1.54, 1.807) is 6.08 Å². The number of aliphatic carboxylic acids is 1. The number of benzene rings is 1. The van der Waals surface area contributed by atoms with Crippen molar-refractivity contribution in [3.8, 4) is 0 Å². The molecule has 1 fully saturated rings. The number of ether oxygens (including phenoxy) is 1. The third kappa shape index (κ3) is 3.61. The first-order chi connectivity index (χ1) is 9.60. The summed E-state index contributed by atoms with van der Waals surface area (Å²) in [6, 6.07) is 6.14. The fourth-order valence-electron chi connectivity index (χ4n) is 2.44. The van der Waals surface area contributed by atoms with E-state index in [9.17, 15) is 4.79 Å². The van der Waals surface area contributed by atoms with E-state index in [1.807, 2.05) is 13.0 Å². The molecule has 1 aromatic carbocycles. The summed E-state index contributed by atoms with van der Waals surface area (Å²) < 4.78 is 5.69. The average Bonchev–Trinajstić information content (AvgIpc) is 2.45. The van der Waals surface area contributed by atoms with E-state index in [-0.39, 0.29) is 6.10 Å². The number of aryl methyl sites for hydroxylation is 1. The van der Waals surface area contributed by atoms with Crippen molar-refractivity contribution in [1.82, 2.24) is 0 Å². The van der Waals surface area contributed by atoms with Gasteiger partial charge in [-0.05, 0) is 37.1 Å². The minimum Gasteiger partial charge on any atom is -0.478 e. The van der Waals surface area contributed by atoms with E-state index >= 15 is 0 Å². The highest BCUT2D eigenvalue weighted by atomic mass is 16.5. The van der Waals surface area contributed by atoms with Crippen molar-refractivity contribution in [3.05, 3.63) is 35.4 Å². The van der Waals surface area contributed by atoms with Crippen LogP contribution in [-0.4, -0.2) is 36.9 Å². The highest BCUT2D eigenvalue weighted by molar-refractivity contribution is 5.87. The summed E-state index contributed by atoms with van der Waals surface area (Å²) in [5.74, 6) is -0.925. The zero-order chi connectivity index (χ0) is 14.5. The summed E-state index contributed by atoms with van der Waals surface area (Å²) in [6.45, 7) is 6.54. The van der Waals surface area contributed by atoms with E-state index in [0.29, 0.717) is 6.61 Å². The average molecular weight is 275 g/mol. The Morgan fingerprint density at radius 2 is 2.35 bits per heavy atom. The van der Waals surface area contributed by atoms with Crippen LogP contribution >= 0.6 is 0 Å². The maximum Gasteiger partial charge on any atom is 0.328 e. The number of morpholine rings is 1. The van der Waals surface area contributed by atoms with Crippen molar-refractivity contribution in [3.63, 3.8) is 0 Å². The molecule has 20 heavy (non-hydrogen) atoms. The zero-order valence-corrected chi connectivity index (χ0v) is 12.0. The van der Waals surface area contributed by atoms with Gasteiger partial charge in [0.05, 0.1) is 12.7 Å². The van der Waals surface area contributed by atoms with Gasteiger partial charge in [0.1, 0.15) is 0 Å². The molecule has 0 aromatic heterocycles. The van der Waals surface area contributed by atoms with E-state index in [2.05, 4.69) is 24.0 Å². The minimum atomic E-state index is -0.925. The van der Waals surface area contributed by atoms with Gasteiger partial charge < -0.3 is 14.7 Å². The predicted molar refractivity (Wildman–Crippen MR) is 80.1 cm³/mol. The molecule has 0 bridgehead atoms. The second-order valence-corrected chi connectivity index (χ2v) is 5.08. The topological polar surface area (TPSA) is 49.8 Å². The highest BCUT2D eigenvalue weighted by Crippen LogP contribution is 2.25. The second-order valence-electron chi connectivity index (χ2n) is 5.08. The van der Waals surface area contributed by atoms with Crippen LogP contribution in [0, 0.1) is 6.92 Å². The largest absolute Gasteiger partial charge is 0.478 e. The highest BCUT2D eigenvalue weighted by Gasteiger charge is 2.20. The van der Waals surface area contributed by atoms with Crippen molar-refractivity contribution in [2.45, 2.75) is 26.4 Å². The van der Waals surface area contributed by atoms with Crippen LogP contribution in [0.5, 0.6) is 0 Å². The van der Waals surface area contributed by atoms with E-state index in [1.165, 1.54) is 6.08 Å². The van der Waals surface area contributed by atoms with Crippen LogP contribution in [0.25, 0.3) is 6.08 Å². The van der Waals surface area contributed by atoms with Gasteiger partial charge in [-0.1, -0.05) is 18.6 Å². The summed E-state index contributed by atoms with van der Waals surface area (Å²) in [4.78, 5) is 13.0. The van der Waals surface area contributed by atoms with Crippen molar-refractivity contribution >= 4 is 17.7 Å². The maximum absolute atomic E-state index is 10.7. The Kier molecular flexibility index (Phi) is 4.79. The van der Waals surface area contributed by atoms with E-state index < -0.39 is 5.97 Å². The maximum atomic E-state index is 10.7. The summed E-state index contributed by atoms with van der Waals surface area (Å²) >= 11 is 0. The summed E-state index contributed by atoms with van der Waals surface area (Å²) in [7, 11) is 0. The van der Waals surface area contributed by atoms with Crippen LogP contribution in [0.2, 0.25) is 0 Å². The van der Waals surface area contributed by atoms with Gasteiger partial charge in [-0.15, -0.1) is 0 Å². The molecule has 108 valence electrons. The molecule has 0 spiro atoms. The van der Waals surface area contributed by atoms with Crippen LogP contribution in [0.3, 0.4) is 0 Å². The second kappa shape index (κ2) is 6.57. The number of nitrogens with zero attached hydrogens (tertiary/aromatic N) is 1. The van der Waals surface area contributed by atoms with Gasteiger partial charge in [0.25, 0.3) is 0 Å². The molecular formula is C16H21NO3. The third-order valence-corrected chi connectivity index (χ3v) is 3.52. The van der Waals surface area contributed by atoms with E-state index in [0.717, 1.165) is 36.3 Å². The van der Waals surface area contributed by atoms with Crippen LogP contribution in [0.4, 0.5) is 5.69 Å². The first-order valence-electron chi connectivity index (χ1n) is 6.98. The molecule has 4 heteroatoms. The molecule has 0 aliphatic carbocycles. The number of carboxylic acid groups (broad SMARTS) is 1. The lowest BCUT2D eigenvalue weighted by molar-refractivity contribution is -0.131. The van der Waals surface area contributed by atoms with Crippen molar-refractivity contribution < 1.29 is 14.6 Å². The Labute approximate surface area is 119 Å². The van der Waals surface area contributed by atoms with Crippen LogP contribution in [0.15, 0.2) is 24.3 Å². The molecular weight excluding hydrogens is 254 g/mol. The SMILES string of the molecule is CCC1CN(c2ccc(C)cc2/C=C/C(=O)O)CCO1. The zero-order valence-electron chi connectivity index (χ0n) is 12.0. The lowest BCUT2D eigenvalue weighted by atomic mass is 10.1. The lowest BCUT2D eigenvalue weighted by Crippen LogP contribution is -2.42. The van der Waals surface area contributed by atoms with Gasteiger partial charge in [0, 0.05) is 24.9 Å². The Bertz CT molecular complexity index is 510. The van der Waals surface area contributed by atoms with Crippen LogP contribution < -0.4 is 4.90 Å². The first kappa shape index (κ1) is 14.6. The van der Waals surface area contributed by atoms with Crippen LogP contribution in [-0.2, 0) is 9.53 Å². The monoisotopic (exact) mass is 275 g/mol. The Hall–Kier alpha value is -1.81. The molecule has 1 N–H and O–H groups in total. The molecule has 0 saturated carbocycles. The molecule has 1 aliphatic rings.